The summed E-state index contributed by atoms with van der Waals surface area (Å²) in [5.41, 5.74) is -0.0733. The van der Waals surface area contributed by atoms with Gasteiger partial charge in [-0.1, -0.05) is 43.2 Å². The minimum absolute atomic E-state index is 0.0117. The van der Waals surface area contributed by atoms with Crippen molar-refractivity contribution in [3.05, 3.63) is 35.9 Å². The molecule has 9 heteroatoms. The standard InChI is InChI=1S/C23H33NO8/c1-30-11-12-31-16-18(20(26)27)13-23(9-5-6-10-23)22(29)24-14-19(25)21(28)32-15-17-7-3-2-4-8-17/h2-4,7-8,18-19,25H,5-6,9-16H2,1H3,(H,24,29)(H,26,27)/t18-,19+/m1/s1. The second kappa shape index (κ2) is 13.1. The molecule has 1 amide bonds. The number of aliphatic hydroxyl groups excluding tert-OH is 1. The zero-order chi connectivity index (χ0) is 23.4. The summed E-state index contributed by atoms with van der Waals surface area (Å²) >= 11 is 0. The quantitative estimate of drug-likeness (QED) is 0.287. The summed E-state index contributed by atoms with van der Waals surface area (Å²) in [6, 6.07) is 9.06. The van der Waals surface area contributed by atoms with Crippen molar-refractivity contribution in [3.63, 3.8) is 0 Å². The number of carboxylic acids is 1. The van der Waals surface area contributed by atoms with Gasteiger partial charge >= 0.3 is 11.9 Å². The molecule has 0 unspecified atom stereocenters. The van der Waals surface area contributed by atoms with E-state index in [-0.39, 0.29) is 38.7 Å². The van der Waals surface area contributed by atoms with E-state index in [1.54, 1.807) is 12.1 Å². The third-order valence-electron chi connectivity index (χ3n) is 5.73. The monoisotopic (exact) mass is 451 g/mol. The molecule has 2 rings (SSSR count). The van der Waals surface area contributed by atoms with E-state index in [4.69, 9.17) is 14.2 Å². The molecule has 0 bridgehead atoms. The molecule has 1 fully saturated rings. The number of methoxy groups -OCH3 is 1. The van der Waals surface area contributed by atoms with Crippen LogP contribution >= 0.6 is 0 Å². The van der Waals surface area contributed by atoms with Crippen LogP contribution in [0.15, 0.2) is 30.3 Å². The van der Waals surface area contributed by atoms with Gasteiger partial charge < -0.3 is 29.7 Å². The molecule has 178 valence electrons. The molecule has 1 saturated carbocycles. The highest BCUT2D eigenvalue weighted by Crippen LogP contribution is 2.43. The number of hydrogen-bond acceptors (Lipinski definition) is 7. The first-order valence-electron chi connectivity index (χ1n) is 10.8. The molecule has 9 nitrogen and oxygen atoms in total. The molecular formula is C23H33NO8. The fraction of sp³-hybridized carbons (Fsp3) is 0.609. The molecule has 0 heterocycles. The van der Waals surface area contributed by atoms with Gasteiger partial charge in [0.15, 0.2) is 6.10 Å². The molecule has 1 aliphatic carbocycles. The number of hydrogen-bond donors (Lipinski definition) is 3. The second-order valence-corrected chi connectivity index (χ2v) is 8.11. The van der Waals surface area contributed by atoms with E-state index in [0.29, 0.717) is 19.4 Å². The van der Waals surface area contributed by atoms with Gasteiger partial charge in [0, 0.05) is 7.11 Å². The van der Waals surface area contributed by atoms with Crippen LogP contribution < -0.4 is 5.32 Å². The zero-order valence-electron chi connectivity index (χ0n) is 18.5. The number of aliphatic carboxylic acids is 1. The van der Waals surface area contributed by atoms with Gasteiger partial charge in [-0.25, -0.2) is 4.79 Å². The lowest BCUT2D eigenvalue weighted by atomic mass is 9.77. The number of benzene rings is 1. The predicted molar refractivity (Wildman–Crippen MR) is 115 cm³/mol. The number of rotatable bonds is 14. The van der Waals surface area contributed by atoms with Crippen LogP contribution in [0, 0.1) is 11.3 Å². The summed E-state index contributed by atoms with van der Waals surface area (Å²) in [5, 5.41) is 22.3. The van der Waals surface area contributed by atoms with Gasteiger partial charge in [0.05, 0.1) is 37.7 Å². The van der Waals surface area contributed by atoms with E-state index in [1.807, 2.05) is 18.2 Å². The molecule has 32 heavy (non-hydrogen) atoms. The molecular weight excluding hydrogens is 418 g/mol. The Kier molecular flexibility index (Phi) is 10.6. The number of carboxylic acid groups (broad SMARTS) is 1. The van der Waals surface area contributed by atoms with Crippen LogP contribution in [0.25, 0.3) is 0 Å². The van der Waals surface area contributed by atoms with Gasteiger partial charge in [-0.3, -0.25) is 9.59 Å². The Bertz CT molecular complexity index is 733. The van der Waals surface area contributed by atoms with Crippen molar-refractivity contribution in [3.8, 4) is 0 Å². The molecule has 0 saturated heterocycles. The molecule has 1 aromatic carbocycles. The number of ether oxygens (including phenoxy) is 3. The van der Waals surface area contributed by atoms with E-state index in [0.717, 1.165) is 18.4 Å². The molecule has 0 aliphatic heterocycles. The summed E-state index contributed by atoms with van der Waals surface area (Å²) in [4.78, 5) is 36.7. The topological polar surface area (TPSA) is 131 Å². The van der Waals surface area contributed by atoms with Crippen LogP contribution in [0.1, 0.15) is 37.7 Å². The highest BCUT2D eigenvalue weighted by molar-refractivity contribution is 5.84. The van der Waals surface area contributed by atoms with Crippen molar-refractivity contribution in [1.82, 2.24) is 5.32 Å². The number of aliphatic hydroxyl groups is 1. The van der Waals surface area contributed by atoms with Gasteiger partial charge in [0.25, 0.3) is 0 Å². The van der Waals surface area contributed by atoms with Crippen LogP contribution in [-0.4, -0.2) is 67.6 Å². The van der Waals surface area contributed by atoms with E-state index in [9.17, 15) is 24.6 Å². The summed E-state index contributed by atoms with van der Waals surface area (Å²) in [7, 11) is 1.53. The Balaban J connectivity index is 1.88. The zero-order valence-corrected chi connectivity index (χ0v) is 18.5. The second-order valence-electron chi connectivity index (χ2n) is 8.11. The number of amides is 1. The lowest BCUT2D eigenvalue weighted by Crippen LogP contribution is -2.46. The van der Waals surface area contributed by atoms with Crippen molar-refractivity contribution in [2.24, 2.45) is 11.3 Å². The largest absolute Gasteiger partial charge is 0.481 e. The summed E-state index contributed by atoms with van der Waals surface area (Å²) in [6.45, 7) is 0.351. The maximum absolute atomic E-state index is 13.0. The third kappa shape index (κ3) is 7.89. The first-order chi connectivity index (χ1) is 15.4. The molecule has 0 spiro atoms. The normalized spacial score (nSPS) is 16.8. The summed E-state index contributed by atoms with van der Waals surface area (Å²) in [6.07, 6.45) is 1.35. The third-order valence-corrected chi connectivity index (χ3v) is 5.73. The average Bonchev–Trinajstić information content (AvgIpc) is 3.28. The van der Waals surface area contributed by atoms with Gasteiger partial charge in [0.2, 0.25) is 5.91 Å². The van der Waals surface area contributed by atoms with E-state index in [1.165, 1.54) is 7.11 Å². The summed E-state index contributed by atoms with van der Waals surface area (Å²) in [5.74, 6) is -3.04. The lowest BCUT2D eigenvalue weighted by Gasteiger charge is -2.30. The average molecular weight is 452 g/mol. The molecule has 1 aliphatic rings. The number of carbonyl (C=O) groups is 3. The summed E-state index contributed by atoms with van der Waals surface area (Å²) < 4.78 is 15.4. The van der Waals surface area contributed by atoms with Crippen LogP contribution in [0.5, 0.6) is 0 Å². The van der Waals surface area contributed by atoms with Crippen molar-refractivity contribution in [2.75, 3.05) is 33.5 Å². The van der Waals surface area contributed by atoms with Crippen LogP contribution in [-0.2, 0) is 35.2 Å². The number of nitrogens with one attached hydrogen (secondary N) is 1. The minimum atomic E-state index is -1.51. The Hall–Kier alpha value is -2.49. The van der Waals surface area contributed by atoms with E-state index >= 15 is 0 Å². The van der Waals surface area contributed by atoms with Gasteiger partial charge in [-0.15, -0.1) is 0 Å². The van der Waals surface area contributed by atoms with Crippen molar-refractivity contribution in [2.45, 2.75) is 44.8 Å². The fourth-order valence-electron chi connectivity index (χ4n) is 3.92. The number of esters is 1. The number of carbonyl (C=O) groups excluding carboxylic acids is 2. The fourth-order valence-corrected chi connectivity index (χ4v) is 3.92. The highest BCUT2D eigenvalue weighted by atomic mass is 16.5. The molecule has 2 atom stereocenters. The Labute approximate surface area is 188 Å². The molecule has 3 N–H and O–H groups in total. The molecule has 1 aromatic rings. The molecule has 0 radical (unpaired) electrons. The SMILES string of the molecule is COCCOC[C@@H](CC1(C(=O)NC[C@H](O)C(=O)OCc2ccccc2)CCCC1)C(=O)O. The minimum Gasteiger partial charge on any atom is -0.481 e. The first-order valence-corrected chi connectivity index (χ1v) is 10.8. The van der Waals surface area contributed by atoms with E-state index < -0.39 is 29.4 Å². The van der Waals surface area contributed by atoms with Gasteiger partial charge in [-0.05, 0) is 24.8 Å². The van der Waals surface area contributed by atoms with Crippen molar-refractivity contribution >= 4 is 17.8 Å². The Morgan fingerprint density at radius 1 is 1.12 bits per heavy atom. The maximum Gasteiger partial charge on any atom is 0.337 e. The maximum atomic E-state index is 13.0. The van der Waals surface area contributed by atoms with Crippen LogP contribution in [0.4, 0.5) is 0 Å². The van der Waals surface area contributed by atoms with Crippen molar-refractivity contribution in [1.29, 1.82) is 0 Å². The smallest absolute Gasteiger partial charge is 0.337 e. The highest BCUT2D eigenvalue weighted by Gasteiger charge is 2.44. The van der Waals surface area contributed by atoms with Crippen LogP contribution in [0.2, 0.25) is 0 Å². The van der Waals surface area contributed by atoms with Gasteiger partial charge in [0.1, 0.15) is 6.61 Å². The van der Waals surface area contributed by atoms with Gasteiger partial charge in [-0.2, -0.15) is 0 Å². The first kappa shape index (κ1) is 25.8. The Morgan fingerprint density at radius 2 is 1.81 bits per heavy atom. The Morgan fingerprint density at radius 3 is 2.44 bits per heavy atom. The molecule has 0 aromatic heterocycles. The van der Waals surface area contributed by atoms with Crippen molar-refractivity contribution < 1.29 is 38.8 Å². The van der Waals surface area contributed by atoms with E-state index in [2.05, 4.69) is 5.32 Å². The van der Waals surface area contributed by atoms with Crippen LogP contribution in [0.3, 0.4) is 0 Å². The predicted octanol–water partition coefficient (Wildman–Crippen LogP) is 1.52. The lowest BCUT2D eigenvalue weighted by molar-refractivity contribution is -0.155.